The van der Waals surface area contributed by atoms with Crippen molar-refractivity contribution in [1.29, 1.82) is 0 Å². The minimum absolute atomic E-state index is 0.152. The van der Waals surface area contributed by atoms with Crippen molar-refractivity contribution < 1.29 is 37.3 Å². The Balaban J connectivity index is 1.51. The Hall–Kier alpha value is -3.17. The number of benzene rings is 4. The first-order valence-electron chi connectivity index (χ1n) is 16.2. The van der Waals surface area contributed by atoms with E-state index in [1.165, 1.54) is 0 Å². The van der Waals surface area contributed by atoms with E-state index in [1.807, 2.05) is 121 Å². The van der Waals surface area contributed by atoms with Gasteiger partial charge >= 0.3 is 7.60 Å². The summed E-state index contributed by atoms with van der Waals surface area (Å²) >= 11 is 0. The Bertz CT molecular complexity index is 1470. The molecule has 0 amide bonds. The quantitative estimate of drug-likeness (QED) is 0.0996. The van der Waals surface area contributed by atoms with E-state index >= 15 is 0 Å². The van der Waals surface area contributed by atoms with Crippen molar-refractivity contribution in [3.8, 4) is 0 Å². The maximum atomic E-state index is 14.6. The SMILES string of the molecule is CCOP(=O)(OCC)[C@@H]1O[C@H](COCc2ccccc2)[C@@H](OCc2ccccc2)[C@H](OCc2ccccc2)[C@H]1OCc1ccccc1. The average Bonchev–Trinajstić information content (AvgIpc) is 3.11. The molecule has 1 aliphatic heterocycles. The van der Waals surface area contributed by atoms with Crippen molar-refractivity contribution >= 4 is 7.60 Å². The second-order valence-corrected chi connectivity index (χ2v) is 13.3. The van der Waals surface area contributed by atoms with Crippen LogP contribution in [0.25, 0.3) is 0 Å². The fourth-order valence-electron chi connectivity index (χ4n) is 5.56. The molecular weight excluding hydrogens is 615 g/mol. The Morgan fingerprint density at radius 3 is 1.34 bits per heavy atom. The van der Waals surface area contributed by atoms with Crippen molar-refractivity contribution in [1.82, 2.24) is 0 Å². The number of hydrogen-bond donors (Lipinski definition) is 0. The number of hydrogen-bond acceptors (Lipinski definition) is 8. The molecule has 0 N–H and O–H groups in total. The lowest BCUT2D eigenvalue weighted by atomic mass is 9.98. The lowest BCUT2D eigenvalue weighted by molar-refractivity contribution is -0.259. The molecule has 0 bridgehead atoms. The highest BCUT2D eigenvalue weighted by atomic mass is 31.2. The van der Waals surface area contributed by atoms with Crippen LogP contribution >= 0.6 is 7.60 Å². The molecule has 1 aliphatic rings. The highest BCUT2D eigenvalue weighted by Crippen LogP contribution is 2.58. The fourth-order valence-corrected chi connectivity index (χ4v) is 7.57. The minimum Gasteiger partial charge on any atom is -0.374 e. The van der Waals surface area contributed by atoms with Gasteiger partial charge in [-0.1, -0.05) is 121 Å². The highest BCUT2D eigenvalue weighted by Gasteiger charge is 2.56. The van der Waals surface area contributed by atoms with E-state index in [-0.39, 0.29) is 33.0 Å². The largest absolute Gasteiger partial charge is 0.374 e. The third-order valence-corrected chi connectivity index (χ3v) is 10.1. The van der Waals surface area contributed by atoms with Gasteiger partial charge < -0.3 is 32.7 Å². The first-order chi connectivity index (χ1) is 23.1. The van der Waals surface area contributed by atoms with Gasteiger partial charge in [0.15, 0.2) is 5.85 Å². The molecular formula is C38H45O8P. The fraction of sp³-hybridized carbons (Fsp3) is 0.368. The summed E-state index contributed by atoms with van der Waals surface area (Å²) in [6.07, 6.45) is -2.92. The van der Waals surface area contributed by atoms with Crippen LogP contribution in [0.3, 0.4) is 0 Å². The molecule has 0 aromatic heterocycles. The molecule has 250 valence electrons. The van der Waals surface area contributed by atoms with Gasteiger partial charge in [0, 0.05) is 0 Å². The van der Waals surface area contributed by atoms with Crippen LogP contribution in [0.5, 0.6) is 0 Å². The molecule has 47 heavy (non-hydrogen) atoms. The van der Waals surface area contributed by atoms with Crippen molar-refractivity contribution in [3.05, 3.63) is 144 Å². The summed E-state index contributed by atoms with van der Waals surface area (Å²) in [6.45, 7) is 5.24. The van der Waals surface area contributed by atoms with Gasteiger partial charge in [0.25, 0.3) is 0 Å². The molecule has 4 aromatic rings. The molecule has 0 radical (unpaired) electrons. The molecule has 8 nitrogen and oxygen atoms in total. The van der Waals surface area contributed by atoms with E-state index in [2.05, 4.69) is 0 Å². The molecule has 5 rings (SSSR count). The third-order valence-electron chi connectivity index (χ3n) is 7.79. The molecule has 0 aliphatic carbocycles. The Morgan fingerprint density at radius 1 is 0.532 bits per heavy atom. The Morgan fingerprint density at radius 2 is 0.915 bits per heavy atom. The lowest BCUT2D eigenvalue weighted by Gasteiger charge is -2.47. The lowest BCUT2D eigenvalue weighted by Crippen LogP contribution is -2.61. The van der Waals surface area contributed by atoms with Crippen LogP contribution in [-0.4, -0.2) is 50.1 Å². The Labute approximate surface area is 278 Å². The maximum Gasteiger partial charge on any atom is 0.361 e. The van der Waals surface area contributed by atoms with Gasteiger partial charge in [0.05, 0.1) is 46.2 Å². The first kappa shape index (κ1) is 35.1. The summed E-state index contributed by atoms with van der Waals surface area (Å²) in [5.74, 6) is -1.10. The van der Waals surface area contributed by atoms with Crippen LogP contribution in [-0.2, 0) is 63.7 Å². The summed E-state index contributed by atoms with van der Waals surface area (Å²) in [6, 6.07) is 39.6. The van der Waals surface area contributed by atoms with Crippen LogP contribution < -0.4 is 0 Å². The molecule has 1 fully saturated rings. The van der Waals surface area contributed by atoms with Crippen LogP contribution in [0.15, 0.2) is 121 Å². The molecule has 1 heterocycles. The third kappa shape index (κ3) is 10.2. The molecule has 9 heteroatoms. The van der Waals surface area contributed by atoms with Crippen molar-refractivity contribution in [2.75, 3.05) is 19.8 Å². The van der Waals surface area contributed by atoms with Crippen molar-refractivity contribution in [2.24, 2.45) is 0 Å². The Kier molecular flexibility index (Phi) is 13.8. The summed E-state index contributed by atoms with van der Waals surface area (Å²) < 4.78 is 59.3. The minimum atomic E-state index is -3.87. The van der Waals surface area contributed by atoms with Crippen LogP contribution in [0.4, 0.5) is 0 Å². The first-order valence-corrected chi connectivity index (χ1v) is 17.8. The van der Waals surface area contributed by atoms with Crippen molar-refractivity contribution in [2.45, 2.75) is 70.5 Å². The summed E-state index contributed by atoms with van der Waals surface area (Å²) in [4.78, 5) is 0. The number of rotatable bonds is 18. The van der Waals surface area contributed by atoms with Gasteiger partial charge in [-0.15, -0.1) is 0 Å². The standard InChI is InChI=1S/C38H45O8P/c1-3-44-47(39,45-4-2)38-37(43-28-33-23-15-8-16-24-33)36(42-27-32-21-13-7-14-22-32)35(41-26-31-19-11-6-12-20-31)34(46-38)29-40-25-30-17-9-5-10-18-30/h5-24,34-38H,3-4,25-29H2,1-2H3/t34-,35-,36+,37-,38+/m1/s1. The second-order valence-electron chi connectivity index (χ2n) is 11.2. The topological polar surface area (TPSA) is 81.7 Å². The van der Waals surface area contributed by atoms with Gasteiger partial charge in [-0.05, 0) is 36.1 Å². The molecule has 5 atom stereocenters. The van der Waals surface area contributed by atoms with E-state index in [0.717, 1.165) is 22.3 Å². The molecule has 4 aromatic carbocycles. The second kappa shape index (κ2) is 18.4. The smallest absolute Gasteiger partial charge is 0.361 e. The van der Waals surface area contributed by atoms with E-state index in [0.29, 0.717) is 13.2 Å². The van der Waals surface area contributed by atoms with Crippen LogP contribution in [0, 0.1) is 0 Å². The van der Waals surface area contributed by atoms with Crippen molar-refractivity contribution in [3.63, 3.8) is 0 Å². The van der Waals surface area contributed by atoms with E-state index in [9.17, 15) is 4.57 Å². The zero-order chi connectivity index (χ0) is 32.7. The normalized spacial score (nSPS) is 21.4. The zero-order valence-electron chi connectivity index (χ0n) is 27.1. The van der Waals surface area contributed by atoms with Gasteiger partial charge in [-0.2, -0.15) is 0 Å². The number of ether oxygens (including phenoxy) is 5. The van der Waals surface area contributed by atoms with Gasteiger partial charge in [-0.25, -0.2) is 0 Å². The zero-order valence-corrected chi connectivity index (χ0v) is 28.0. The van der Waals surface area contributed by atoms with E-state index in [1.54, 1.807) is 13.8 Å². The van der Waals surface area contributed by atoms with E-state index in [4.69, 9.17) is 32.7 Å². The summed E-state index contributed by atoms with van der Waals surface area (Å²) in [5, 5.41) is 0. The predicted octanol–water partition coefficient (Wildman–Crippen LogP) is 7.95. The maximum absolute atomic E-state index is 14.6. The van der Waals surface area contributed by atoms with Gasteiger partial charge in [-0.3, -0.25) is 4.57 Å². The monoisotopic (exact) mass is 660 g/mol. The molecule has 1 saturated heterocycles. The van der Waals surface area contributed by atoms with Gasteiger partial charge in [0.2, 0.25) is 0 Å². The highest BCUT2D eigenvalue weighted by molar-refractivity contribution is 7.54. The average molecular weight is 661 g/mol. The summed E-state index contributed by atoms with van der Waals surface area (Å²) in [5.41, 5.74) is 3.95. The molecule has 0 saturated carbocycles. The molecule has 0 unspecified atom stereocenters. The van der Waals surface area contributed by atoms with Gasteiger partial charge in [0.1, 0.15) is 24.4 Å². The molecule has 0 spiro atoms. The van der Waals surface area contributed by atoms with Crippen LogP contribution in [0.2, 0.25) is 0 Å². The predicted molar refractivity (Wildman–Crippen MR) is 181 cm³/mol. The summed E-state index contributed by atoms with van der Waals surface area (Å²) in [7, 11) is -3.87. The van der Waals surface area contributed by atoms with E-state index < -0.39 is 37.9 Å². The van der Waals surface area contributed by atoms with Crippen LogP contribution in [0.1, 0.15) is 36.1 Å².